The van der Waals surface area contributed by atoms with Gasteiger partial charge in [0, 0.05) is 41.2 Å². The van der Waals surface area contributed by atoms with E-state index in [0.29, 0.717) is 30.7 Å². The summed E-state index contributed by atoms with van der Waals surface area (Å²) in [5.41, 5.74) is 1.46. The number of rotatable bonds is 2. The third-order valence-electron chi connectivity index (χ3n) is 6.35. The number of nitrogens with zero attached hydrogens (tertiary/aromatic N) is 1. The van der Waals surface area contributed by atoms with Gasteiger partial charge >= 0.3 is 0 Å². The third kappa shape index (κ3) is 5.33. The molecule has 2 aliphatic heterocycles. The number of benzene rings is 2. The molecule has 0 aromatic heterocycles. The van der Waals surface area contributed by atoms with Gasteiger partial charge in [-0.1, -0.05) is 23.7 Å². The summed E-state index contributed by atoms with van der Waals surface area (Å²) in [6, 6.07) is 8.82. The Bertz CT molecular complexity index is 1090. The van der Waals surface area contributed by atoms with Crippen LogP contribution in [0.25, 0.3) is 0 Å². The van der Waals surface area contributed by atoms with E-state index in [4.69, 9.17) is 16.3 Å². The average molecular weight is 488 g/mol. The predicted octanol–water partition coefficient (Wildman–Crippen LogP) is 3.02. The molecule has 34 heavy (non-hydrogen) atoms. The molecule has 0 aliphatic carbocycles. The average Bonchev–Trinajstić information content (AvgIpc) is 3.20. The minimum Gasteiger partial charge on any atom is -0.491 e. The first-order chi connectivity index (χ1) is 16.3. The Labute approximate surface area is 202 Å². The topological polar surface area (TPSA) is 87.7 Å². The molecule has 0 saturated carbocycles. The zero-order chi connectivity index (χ0) is 24.2. The molecule has 1 saturated heterocycles. The zero-order valence-corrected chi connectivity index (χ0v) is 19.7. The Morgan fingerprint density at radius 2 is 1.97 bits per heavy atom. The minimum absolute atomic E-state index is 0.119. The van der Waals surface area contributed by atoms with Crippen molar-refractivity contribution >= 4 is 29.3 Å². The fraction of sp³-hybridized carbons (Fsp3) is 0.400. The van der Waals surface area contributed by atoms with Crippen molar-refractivity contribution in [3.05, 3.63) is 63.9 Å². The number of nitrogens with one attached hydrogen (secondary N) is 2. The minimum atomic E-state index is -0.548. The van der Waals surface area contributed by atoms with Crippen molar-refractivity contribution < 1.29 is 23.5 Å². The van der Waals surface area contributed by atoms with Gasteiger partial charge in [0.25, 0.3) is 5.91 Å². The lowest BCUT2D eigenvalue weighted by Gasteiger charge is -2.31. The standard InChI is InChI=1S/C25H27ClFN3O4/c1-15-5-6-16-11-22(15)34-10-9-28-23(31)12-17-7-8-18(14-29-25(16)33)30(17)24(32)13-19-20(26)3-2-4-21(19)27/h2-6,11,17-18H,7-10,12-14H2,1H3,(H,28,31)(H,29,33)/t17-,18+/m0/s1. The number of carbonyl (C=O) groups is 3. The number of carbonyl (C=O) groups excluding carboxylic acids is 3. The second-order valence-corrected chi connectivity index (χ2v) is 9.06. The van der Waals surface area contributed by atoms with Gasteiger partial charge in [0.1, 0.15) is 18.2 Å². The van der Waals surface area contributed by atoms with Crippen LogP contribution in [0.15, 0.2) is 36.4 Å². The van der Waals surface area contributed by atoms with E-state index in [9.17, 15) is 18.8 Å². The summed E-state index contributed by atoms with van der Waals surface area (Å²) in [4.78, 5) is 40.3. The highest BCUT2D eigenvalue weighted by atomic mass is 35.5. The SMILES string of the molecule is Cc1ccc2cc1OCCNC(=O)C[C@@H]1CC[C@H](CNC2=O)N1C(=O)Cc1c(F)cccc1Cl. The van der Waals surface area contributed by atoms with E-state index in [0.717, 1.165) is 5.56 Å². The largest absolute Gasteiger partial charge is 0.491 e. The lowest BCUT2D eigenvalue weighted by molar-refractivity contribution is -0.134. The Balaban J connectivity index is 1.58. The molecular weight excluding hydrogens is 461 g/mol. The summed E-state index contributed by atoms with van der Waals surface area (Å²) in [5, 5.41) is 5.92. The van der Waals surface area contributed by atoms with Gasteiger partial charge in [0.2, 0.25) is 11.8 Å². The van der Waals surface area contributed by atoms with Gasteiger partial charge in [-0.15, -0.1) is 0 Å². The number of aryl methyl sites for hydroxylation is 1. The Hall–Kier alpha value is -3.13. The van der Waals surface area contributed by atoms with Crippen LogP contribution in [0.4, 0.5) is 4.39 Å². The zero-order valence-electron chi connectivity index (χ0n) is 18.9. The highest BCUT2D eigenvalue weighted by Gasteiger charge is 2.38. The maximum Gasteiger partial charge on any atom is 0.251 e. The molecule has 2 heterocycles. The molecule has 7 nitrogen and oxygen atoms in total. The molecule has 2 N–H and O–H groups in total. The molecule has 0 spiro atoms. The smallest absolute Gasteiger partial charge is 0.251 e. The summed E-state index contributed by atoms with van der Waals surface area (Å²) in [7, 11) is 0. The molecule has 0 unspecified atom stereocenters. The molecular formula is C25H27ClFN3O4. The van der Waals surface area contributed by atoms with Crippen LogP contribution in [-0.4, -0.2) is 54.4 Å². The number of ether oxygens (including phenoxy) is 1. The fourth-order valence-electron chi connectivity index (χ4n) is 4.56. The van der Waals surface area contributed by atoms with Crippen molar-refractivity contribution in [2.24, 2.45) is 0 Å². The second kappa shape index (κ2) is 10.4. The van der Waals surface area contributed by atoms with Gasteiger partial charge in [-0.25, -0.2) is 4.39 Å². The van der Waals surface area contributed by atoms with Crippen LogP contribution in [0.2, 0.25) is 5.02 Å². The molecule has 9 heteroatoms. The van der Waals surface area contributed by atoms with E-state index < -0.39 is 5.82 Å². The second-order valence-electron chi connectivity index (χ2n) is 8.66. The van der Waals surface area contributed by atoms with Crippen molar-refractivity contribution in [1.29, 1.82) is 0 Å². The molecule has 0 radical (unpaired) electrons. The van der Waals surface area contributed by atoms with Gasteiger partial charge in [0.15, 0.2) is 0 Å². The number of fused-ring (bicyclic) bond motifs is 4. The van der Waals surface area contributed by atoms with E-state index in [1.807, 2.05) is 6.92 Å². The lowest BCUT2D eigenvalue weighted by atomic mass is 10.1. The molecule has 2 aromatic rings. The molecule has 4 bridgehead atoms. The third-order valence-corrected chi connectivity index (χ3v) is 6.70. The van der Waals surface area contributed by atoms with Crippen LogP contribution in [0.1, 0.15) is 40.7 Å². The van der Waals surface area contributed by atoms with Crippen LogP contribution in [0.3, 0.4) is 0 Å². The van der Waals surface area contributed by atoms with Gasteiger partial charge in [-0.2, -0.15) is 0 Å². The number of hydrogen-bond acceptors (Lipinski definition) is 4. The van der Waals surface area contributed by atoms with Crippen LogP contribution < -0.4 is 15.4 Å². The van der Waals surface area contributed by atoms with Crippen molar-refractivity contribution in [3.63, 3.8) is 0 Å². The van der Waals surface area contributed by atoms with Gasteiger partial charge in [0.05, 0.1) is 13.0 Å². The number of amides is 3. The summed E-state index contributed by atoms with van der Waals surface area (Å²) < 4.78 is 20.1. The molecule has 2 aliphatic rings. The van der Waals surface area contributed by atoms with Gasteiger partial charge < -0.3 is 20.3 Å². The molecule has 180 valence electrons. The van der Waals surface area contributed by atoms with Crippen LogP contribution >= 0.6 is 11.6 Å². The molecule has 2 aromatic carbocycles. The van der Waals surface area contributed by atoms with Crippen molar-refractivity contribution in [1.82, 2.24) is 15.5 Å². The monoisotopic (exact) mass is 487 g/mol. The highest BCUT2D eigenvalue weighted by Crippen LogP contribution is 2.29. The van der Waals surface area contributed by atoms with Crippen LogP contribution in [-0.2, 0) is 16.0 Å². The molecule has 4 rings (SSSR count). The summed E-state index contributed by atoms with van der Waals surface area (Å²) in [5.74, 6) is -0.765. The van der Waals surface area contributed by atoms with E-state index >= 15 is 0 Å². The Morgan fingerprint density at radius 3 is 2.76 bits per heavy atom. The predicted molar refractivity (Wildman–Crippen MR) is 125 cm³/mol. The maximum absolute atomic E-state index is 14.3. The normalized spacial score (nSPS) is 21.1. The van der Waals surface area contributed by atoms with Gasteiger partial charge in [-0.3, -0.25) is 14.4 Å². The van der Waals surface area contributed by atoms with Crippen molar-refractivity contribution in [3.8, 4) is 5.75 Å². The van der Waals surface area contributed by atoms with E-state index in [-0.39, 0.29) is 66.4 Å². The van der Waals surface area contributed by atoms with E-state index in [1.165, 1.54) is 12.1 Å². The molecule has 3 amide bonds. The lowest BCUT2D eigenvalue weighted by Crippen LogP contribution is -2.48. The Kier molecular flexibility index (Phi) is 7.36. The Morgan fingerprint density at radius 1 is 1.18 bits per heavy atom. The summed E-state index contributed by atoms with van der Waals surface area (Å²) >= 11 is 6.14. The quantitative estimate of drug-likeness (QED) is 0.681. The highest BCUT2D eigenvalue weighted by molar-refractivity contribution is 6.31. The van der Waals surface area contributed by atoms with Crippen molar-refractivity contribution in [2.45, 2.75) is 44.7 Å². The molecule has 2 atom stereocenters. The summed E-state index contributed by atoms with van der Waals surface area (Å²) in [6.07, 6.45) is 1.13. The maximum atomic E-state index is 14.3. The first kappa shape index (κ1) is 24.0. The fourth-order valence-corrected chi connectivity index (χ4v) is 4.79. The number of halogens is 2. The molecule has 1 fully saturated rings. The van der Waals surface area contributed by atoms with E-state index in [2.05, 4.69) is 10.6 Å². The van der Waals surface area contributed by atoms with E-state index in [1.54, 1.807) is 29.2 Å². The first-order valence-electron chi connectivity index (χ1n) is 11.4. The first-order valence-corrected chi connectivity index (χ1v) is 11.7. The van der Waals surface area contributed by atoms with Crippen molar-refractivity contribution in [2.75, 3.05) is 19.7 Å². The number of hydrogen-bond donors (Lipinski definition) is 2. The summed E-state index contributed by atoms with van der Waals surface area (Å²) in [6.45, 7) is 2.65. The van der Waals surface area contributed by atoms with Crippen LogP contribution in [0, 0.1) is 12.7 Å². The van der Waals surface area contributed by atoms with Gasteiger partial charge in [-0.05, 0) is 49.6 Å². The van der Waals surface area contributed by atoms with Crippen LogP contribution in [0.5, 0.6) is 5.75 Å².